The Kier molecular flexibility index (Phi) is 626. The highest BCUT2D eigenvalue weighted by molar-refractivity contribution is 7.43. The van der Waals surface area contributed by atoms with E-state index in [1.54, 1.807) is 0 Å². The lowest BCUT2D eigenvalue weighted by molar-refractivity contribution is 1.69. The van der Waals surface area contributed by atoms with Crippen molar-refractivity contribution in [2.24, 2.45) is 0 Å². The predicted molar refractivity (Wildman–Crippen MR) is 106 cm³/mol. The van der Waals surface area contributed by atoms with E-state index in [4.69, 9.17) is 0 Å². The molecule has 0 fully saturated rings. The molecule has 20 N–H and O–H groups in total. The van der Waals surface area contributed by atoms with Gasteiger partial charge in [-0.1, -0.05) is 0 Å². The van der Waals surface area contributed by atoms with Crippen LogP contribution < -0.4 is 36.9 Å². The molecule has 0 aliphatic rings. The molecule has 0 aliphatic carbocycles. The van der Waals surface area contributed by atoms with Crippen molar-refractivity contribution in [2.45, 2.75) is 0 Å². The van der Waals surface area contributed by atoms with Gasteiger partial charge in [0, 0.05) is 17.0 Å². The number of halogens is 6. The molecule has 130 valence electrons. The van der Waals surface area contributed by atoms with Crippen LogP contribution in [-0.4, -0.2) is 13.5 Å². The number of nitrogens with one attached hydrogen (secondary N) is 2. The van der Waals surface area contributed by atoms with E-state index >= 15 is 0 Å². The van der Waals surface area contributed by atoms with Crippen LogP contribution >= 0.6 is 100.0 Å². The van der Waals surface area contributed by atoms with Crippen molar-refractivity contribution in [3.63, 3.8) is 0 Å². The molecular weight excluding hydrogens is 432 g/mol. The number of aromatic nitrogens is 3. The number of aromatic amines is 2. The van der Waals surface area contributed by atoms with Crippen molar-refractivity contribution >= 4 is 100.0 Å². The number of hydrogen-bond donors (Lipinski definition) is 8. The monoisotopic (exact) mass is 457 g/mol. The van der Waals surface area contributed by atoms with Gasteiger partial charge < -0.3 is 45.9 Å². The second-order valence-corrected chi connectivity index (χ2v) is 4.04. The van der Waals surface area contributed by atoms with Crippen LogP contribution in [0.4, 0.5) is 0 Å². The molecule has 9 nitrogen and oxygen atoms in total. The summed E-state index contributed by atoms with van der Waals surface area (Å²) in [5.74, 6) is 0. The lowest BCUT2D eigenvalue weighted by atomic mass is 13.9. The van der Waals surface area contributed by atoms with E-state index in [9.17, 15) is 0 Å². The second-order valence-electron chi connectivity index (χ2n) is 0.674. The summed E-state index contributed by atoms with van der Waals surface area (Å²) in [4.78, 5) is 0. The average Bonchev–Trinajstić information content (AvgIpc) is 1.72. The summed E-state index contributed by atoms with van der Waals surface area (Å²) in [5, 5.41) is 0. The summed E-state index contributed by atoms with van der Waals surface area (Å²) >= 11 is 0. The zero-order valence-corrected chi connectivity index (χ0v) is 17.4. The fraction of sp³-hybridized carbons (Fsp3) is 0. The molecular formula is H28Cl6N9P3. The Balaban J connectivity index is -0.00000000300. The van der Waals surface area contributed by atoms with Gasteiger partial charge in [0.1, 0.15) is 8.51 Å². The van der Waals surface area contributed by atoms with Gasteiger partial charge in [0.05, 0.1) is 0 Å². The highest BCUT2D eigenvalue weighted by Gasteiger charge is 1.55. The molecule has 0 spiro atoms. The van der Waals surface area contributed by atoms with Gasteiger partial charge in [-0.2, -0.15) is 4.51 Å². The molecule has 1 aromatic rings. The smallest absolute Gasteiger partial charge is 0.138 e. The molecule has 1 rings (SSSR count). The van der Waals surface area contributed by atoms with E-state index in [-0.39, 0.29) is 111 Å². The normalized spacial score (nSPS) is 4.00. The Morgan fingerprint density at radius 3 is 1.06 bits per heavy atom. The zero-order chi connectivity index (χ0) is 4.24. The van der Waals surface area contributed by atoms with Gasteiger partial charge in [-0.25, -0.2) is 0 Å². The molecule has 0 amide bonds. The van der Waals surface area contributed by atoms with Crippen LogP contribution in [0.25, 0.3) is 0 Å². The predicted octanol–water partition coefficient (Wildman–Crippen LogP) is 5.01. The Labute approximate surface area is 150 Å². The molecule has 2 atom stereocenters. The summed E-state index contributed by atoms with van der Waals surface area (Å²) in [5.41, 5.74) is 0. The molecule has 18 heavy (non-hydrogen) atoms. The van der Waals surface area contributed by atoms with Crippen LogP contribution in [0.2, 0.25) is 0 Å². The third kappa shape index (κ3) is 82.6. The molecule has 0 saturated heterocycles. The summed E-state index contributed by atoms with van der Waals surface area (Å²) in [6.07, 6.45) is 0. The summed E-state index contributed by atoms with van der Waals surface area (Å²) in [6.45, 7) is 0. The summed E-state index contributed by atoms with van der Waals surface area (Å²) in [7, 11) is 2.36. The first-order chi connectivity index (χ1) is 3.00. The Morgan fingerprint density at radius 1 is 0.667 bits per heavy atom. The van der Waals surface area contributed by atoms with Crippen LogP contribution in [0.5, 0.6) is 0 Å². The standard InChI is InChI=1S/6ClH.H4N3P3.6H3N/c;;;;;;1-4-2-6-3-5-1;;;;;;/h6*1H;1,4-5H,(H,2,3);6*1H3. The number of rotatable bonds is 0. The van der Waals surface area contributed by atoms with E-state index in [1.807, 2.05) is 0 Å². The highest BCUT2D eigenvalue weighted by Crippen LogP contribution is 2.01. The Bertz CT molecular complexity index is 98.2. The quantitative estimate of drug-likeness (QED) is 0.262. The van der Waals surface area contributed by atoms with Gasteiger partial charge in [-0.3, -0.25) is 0 Å². The van der Waals surface area contributed by atoms with Crippen LogP contribution in [0.1, 0.15) is 0 Å². The fourth-order valence-corrected chi connectivity index (χ4v) is 2.81. The van der Waals surface area contributed by atoms with Crippen LogP contribution in [0, 0.1) is 0 Å². The van der Waals surface area contributed by atoms with Crippen molar-refractivity contribution in [1.82, 2.24) is 50.4 Å². The topological polar surface area (TPSA) is 254 Å². The zero-order valence-electron chi connectivity index (χ0n) is 9.59. The minimum absolute atomic E-state index is 0. The SMILES string of the molecule is Cl.Cl.Cl.Cl.Cl.Cl.N.N.N.N.N.N.n1p[nH][pH][nH][pH]1. The maximum Gasteiger partial charge on any atom is 0.138 e. The van der Waals surface area contributed by atoms with E-state index in [0.717, 1.165) is 8.51 Å². The molecule has 0 aliphatic heterocycles. The van der Waals surface area contributed by atoms with Crippen LogP contribution in [0.15, 0.2) is 0 Å². The maximum atomic E-state index is 3.96. The van der Waals surface area contributed by atoms with Gasteiger partial charge in [0.15, 0.2) is 0 Å². The Morgan fingerprint density at radius 2 is 1.00 bits per heavy atom. The molecule has 1 aromatic heterocycles. The van der Waals surface area contributed by atoms with Crippen LogP contribution in [-0.2, 0) is 0 Å². The first-order valence-corrected chi connectivity index (χ1v) is 4.19. The number of H-pyrrole nitrogens is 2. The van der Waals surface area contributed by atoms with Crippen molar-refractivity contribution in [3.8, 4) is 0 Å². The van der Waals surface area contributed by atoms with Crippen molar-refractivity contribution in [2.75, 3.05) is 0 Å². The van der Waals surface area contributed by atoms with E-state index in [1.165, 1.54) is 0 Å². The maximum absolute atomic E-state index is 3.96. The first kappa shape index (κ1) is 115. The van der Waals surface area contributed by atoms with Gasteiger partial charge in [-0.05, 0) is 0 Å². The average molecular weight is 460 g/mol. The fourth-order valence-electron chi connectivity index (χ4n) is 0.156. The van der Waals surface area contributed by atoms with Crippen molar-refractivity contribution in [1.29, 1.82) is 0 Å². The first-order valence-electron chi connectivity index (χ1n) is 1.40. The molecule has 0 bridgehead atoms. The number of nitrogens with zero attached hydrogens (tertiary/aromatic N) is 1. The van der Waals surface area contributed by atoms with Gasteiger partial charge >= 0.3 is 0 Å². The third-order valence-electron chi connectivity index (χ3n) is 0.324. The van der Waals surface area contributed by atoms with Crippen LogP contribution in [0.3, 0.4) is 0 Å². The van der Waals surface area contributed by atoms with Crippen molar-refractivity contribution < 1.29 is 0 Å². The van der Waals surface area contributed by atoms with Gasteiger partial charge in [0.25, 0.3) is 0 Å². The third-order valence-corrected chi connectivity index (χ3v) is 2.92. The molecule has 0 aromatic carbocycles. The molecule has 18 heteroatoms. The Hall–Kier alpha value is 1.80. The van der Waals surface area contributed by atoms with Gasteiger partial charge in [-0.15, -0.1) is 74.4 Å². The minimum atomic E-state index is 0. The second kappa shape index (κ2) is 97.9. The largest absolute Gasteiger partial charge is 0.344 e. The molecule has 1 heterocycles. The lowest BCUT2D eigenvalue weighted by Gasteiger charge is -1.75. The molecule has 0 saturated carbocycles. The molecule has 0 radical (unpaired) electrons. The number of hydrogen-bond acceptors (Lipinski definition) is 7. The minimum Gasteiger partial charge on any atom is -0.344 e. The van der Waals surface area contributed by atoms with E-state index in [0.29, 0.717) is 17.0 Å². The summed E-state index contributed by atoms with van der Waals surface area (Å²) < 4.78 is 10.0. The summed E-state index contributed by atoms with van der Waals surface area (Å²) in [6, 6.07) is 0. The molecule has 2 unspecified atom stereocenters. The lowest BCUT2D eigenvalue weighted by Crippen LogP contribution is -1.47. The van der Waals surface area contributed by atoms with Crippen molar-refractivity contribution in [3.05, 3.63) is 0 Å². The van der Waals surface area contributed by atoms with E-state index in [2.05, 4.69) is 13.5 Å². The van der Waals surface area contributed by atoms with E-state index < -0.39 is 0 Å². The highest BCUT2D eigenvalue weighted by atomic mass is 35.5. The van der Waals surface area contributed by atoms with Gasteiger partial charge in [0.2, 0.25) is 0 Å².